The number of carbonyl (C=O) groups excluding carboxylic acids is 1. The van der Waals surface area contributed by atoms with Gasteiger partial charge < -0.3 is 5.32 Å². The number of rotatable bonds is 3. The summed E-state index contributed by atoms with van der Waals surface area (Å²) in [6, 6.07) is 0.343. The molecule has 2 atom stereocenters. The Morgan fingerprint density at radius 3 is 2.92 bits per heavy atom. The minimum absolute atomic E-state index is 0.150. The third-order valence-electron chi connectivity index (χ3n) is 2.52. The van der Waals surface area contributed by atoms with Crippen LogP contribution >= 0.6 is 11.6 Å². The minimum Gasteiger partial charge on any atom is -0.353 e. The standard InChI is InChI=1S/C9H16ClNO/c1-2-9(12)11-8-5-3-4-7(8)6-10/h7-8H,2-6H2,1H3,(H,11,12). The zero-order chi connectivity index (χ0) is 8.97. The molecule has 1 aliphatic carbocycles. The Hall–Kier alpha value is -0.240. The molecule has 0 heterocycles. The number of carbonyl (C=O) groups is 1. The molecule has 0 aliphatic heterocycles. The van der Waals surface area contributed by atoms with Gasteiger partial charge in [0.15, 0.2) is 0 Å². The zero-order valence-electron chi connectivity index (χ0n) is 7.48. The Labute approximate surface area is 78.7 Å². The Morgan fingerprint density at radius 1 is 1.58 bits per heavy atom. The molecule has 2 unspecified atom stereocenters. The van der Waals surface area contributed by atoms with E-state index in [2.05, 4.69) is 5.32 Å². The van der Waals surface area contributed by atoms with E-state index in [4.69, 9.17) is 11.6 Å². The van der Waals surface area contributed by atoms with E-state index < -0.39 is 0 Å². The maximum absolute atomic E-state index is 11.1. The first-order valence-electron chi connectivity index (χ1n) is 4.63. The van der Waals surface area contributed by atoms with Crippen LogP contribution in [0.15, 0.2) is 0 Å². The van der Waals surface area contributed by atoms with E-state index in [0.29, 0.717) is 24.3 Å². The summed E-state index contributed by atoms with van der Waals surface area (Å²) in [6.07, 6.45) is 4.04. The van der Waals surface area contributed by atoms with Crippen LogP contribution in [0.1, 0.15) is 32.6 Å². The largest absolute Gasteiger partial charge is 0.353 e. The number of hydrogen-bond donors (Lipinski definition) is 1. The summed E-state index contributed by atoms with van der Waals surface area (Å²) in [5.74, 6) is 1.33. The smallest absolute Gasteiger partial charge is 0.219 e. The third kappa shape index (κ3) is 2.37. The molecule has 70 valence electrons. The van der Waals surface area contributed by atoms with Crippen molar-refractivity contribution in [2.24, 2.45) is 5.92 Å². The summed E-state index contributed by atoms with van der Waals surface area (Å²) < 4.78 is 0. The van der Waals surface area contributed by atoms with Crippen LogP contribution in [-0.4, -0.2) is 17.8 Å². The van der Waals surface area contributed by atoms with Crippen molar-refractivity contribution in [2.45, 2.75) is 38.6 Å². The second kappa shape index (κ2) is 4.70. The van der Waals surface area contributed by atoms with Gasteiger partial charge in [-0.2, -0.15) is 0 Å². The SMILES string of the molecule is CCC(=O)NC1CCCC1CCl. The van der Waals surface area contributed by atoms with Crippen molar-refractivity contribution in [1.82, 2.24) is 5.32 Å². The second-order valence-corrected chi connectivity index (χ2v) is 3.68. The van der Waals surface area contributed by atoms with Crippen molar-refractivity contribution in [1.29, 1.82) is 0 Å². The maximum Gasteiger partial charge on any atom is 0.219 e. The van der Waals surface area contributed by atoms with Crippen molar-refractivity contribution in [3.8, 4) is 0 Å². The fourth-order valence-corrected chi connectivity index (χ4v) is 2.09. The minimum atomic E-state index is 0.150. The third-order valence-corrected chi connectivity index (χ3v) is 2.92. The summed E-state index contributed by atoms with van der Waals surface area (Å²) in [6.45, 7) is 1.87. The van der Waals surface area contributed by atoms with E-state index in [1.807, 2.05) is 6.92 Å². The van der Waals surface area contributed by atoms with Gasteiger partial charge >= 0.3 is 0 Å². The van der Waals surface area contributed by atoms with Gasteiger partial charge in [-0.1, -0.05) is 13.3 Å². The number of alkyl halides is 1. The molecule has 1 amide bonds. The lowest BCUT2D eigenvalue weighted by molar-refractivity contribution is -0.121. The van der Waals surface area contributed by atoms with Crippen LogP contribution < -0.4 is 5.32 Å². The van der Waals surface area contributed by atoms with E-state index in [1.54, 1.807) is 0 Å². The molecule has 0 spiro atoms. The molecule has 3 heteroatoms. The zero-order valence-corrected chi connectivity index (χ0v) is 8.23. The number of halogens is 1. The van der Waals surface area contributed by atoms with Gasteiger partial charge in [0, 0.05) is 18.3 Å². The van der Waals surface area contributed by atoms with E-state index in [0.717, 1.165) is 12.8 Å². The van der Waals surface area contributed by atoms with Crippen molar-refractivity contribution < 1.29 is 4.79 Å². The first-order valence-corrected chi connectivity index (χ1v) is 5.16. The van der Waals surface area contributed by atoms with E-state index in [9.17, 15) is 4.79 Å². The molecule has 1 N–H and O–H groups in total. The molecule has 0 aromatic carbocycles. The molecule has 0 radical (unpaired) electrons. The van der Waals surface area contributed by atoms with E-state index >= 15 is 0 Å². The van der Waals surface area contributed by atoms with Crippen LogP contribution in [0.3, 0.4) is 0 Å². The van der Waals surface area contributed by atoms with Crippen LogP contribution in [-0.2, 0) is 4.79 Å². The highest BCUT2D eigenvalue weighted by Gasteiger charge is 2.26. The normalized spacial score (nSPS) is 28.8. The van der Waals surface area contributed by atoms with Crippen LogP contribution in [0.2, 0.25) is 0 Å². The topological polar surface area (TPSA) is 29.1 Å². The number of amides is 1. The predicted octanol–water partition coefficient (Wildman–Crippen LogP) is 1.92. The van der Waals surface area contributed by atoms with Crippen molar-refractivity contribution in [2.75, 3.05) is 5.88 Å². The molecule has 0 bridgehead atoms. The van der Waals surface area contributed by atoms with E-state index in [-0.39, 0.29) is 5.91 Å². The quantitative estimate of drug-likeness (QED) is 0.676. The summed E-state index contributed by atoms with van der Waals surface area (Å²) in [7, 11) is 0. The Kier molecular flexibility index (Phi) is 3.86. The highest BCUT2D eigenvalue weighted by molar-refractivity contribution is 6.18. The first-order chi connectivity index (χ1) is 5.77. The molecule has 12 heavy (non-hydrogen) atoms. The van der Waals surface area contributed by atoms with Crippen molar-refractivity contribution in [3.63, 3.8) is 0 Å². The molecular formula is C9H16ClNO. The van der Waals surface area contributed by atoms with Gasteiger partial charge in [-0.15, -0.1) is 11.6 Å². The summed E-state index contributed by atoms with van der Waals surface area (Å²) in [4.78, 5) is 11.1. The predicted molar refractivity (Wildman–Crippen MR) is 50.3 cm³/mol. The summed E-state index contributed by atoms with van der Waals surface area (Å²) in [5, 5.41) is 3.01. The van der Waals surface area contributed by atoms with Crippen LogP contribution in [0.5, 0.6) is 0 Å². The number of nitrogens with one attached hydrogen (secondary N) is 1. The lowest BCUT2D eigenvalue weighted by atomic mass is 10.1. The van der Waals surface area contributed by atoms with Crippen LogP contribution in [0, 0.1) is 5.92 Å². The highest BCUT2D eigenvalue weighted by Crippen LogP contribution is 2.26. The van der Waals surface area contributed by atoms with Crippen LogP contribution in [0.4, 0.5) is 0 Å². The molecule has 1 fully saturated rings. The molecule has 1 rings (SSSR count). The summed E-state index contributed by atoms with van der Waals surface area (Å²) >= 11 is 5.78. The van der Waals surface area contributed by atoms with Gasteiger partial charge in [-0.3, -0.25) is 4.79 Å². The molecule has 0 aromatic rings. The first kappa shape index (κ1) is 9.85. The van der Waals surface area contributed by atoms with Gasteiger partial charge in [0.05, 0.1) is 0 Å². The molecule has 2 nitrogen and oxygen atoms in total. The van der Waals surface area contributed by atoms with E-state index in [1.165, 1.54) is 6.42 Å². The van der Waals surface area contributed by atoms with Gasteiger partial charge in [-0.25, -0.2) is 0 Å². The average molecular weight is 190 g/mol. The number of hydrogen-bond acceptors (Lipinski definition) is 1. The van der Waals surface area contributed by atoms with Crippen LogP contribution in [0.25, 0.3) is 0 Å². The average Bonchev–Trinajstić information content (AvgIpc) is 2.51. The van der Waals surface area contributed by atoms with Crippen molar-refractivity contribution in [3.05, 3.63) is 0 Å². The fraction of sp³-hybridized carbons (Fsp3) is 0.889. The molecule has 0 aromatic heterocycles. The van der Waals surface area contributed by atoms with Gasteiger partial charge in [0.1, 0.15) is 0 Å². The monoisotopic (exact) mass is 189 g/mol. The van der Waals surface area contributed by atoms with Gasteiger partial charge in [0.2, 0.25) is 5.91 Å². The molecular weight excluding hydrogens is 174 g/mol. The Bertz CT molecular complexity index is 161. The van der Waals surface area contributed by atoms with Gasteiger partial charge in [0.25, 0.3) is 0 Å². The lowest BCUT2D eigenvalue weighted by Gasteiger charge is -2.18. The van der Waals surface area contributed by atoms with Crippen molar-refractivity contribution >= 4 is 17.5 Å². The molecule has 1 aliphatic rings. The van der Waals surface area contributed by atoms with Gasteiger partial charge in [-0.05, 0) is 18.8 Å². The lowest BCUT2D eigenvalue weighted by Crippen LogP contribution is -2.37. The Morgan fingerprint density at radius 2 is 2.33 bits per heavy atom. The summed E-state index contributed by atoms with van der Waals surface area (Å²) in [5.41, 5.74) is 0. The fourth-order valence-electron chi connectivity index (χ4n) is 1.72. The molecule has 0 saturated heterocycles. The maximum atomic E-state index is 11.1. The highest BCUT2D eigenvalue weighted by atomic mass is 35.5. The Balaban J connectivity index is 2.35. The second-order valence-electron chi connectivity index (χ2n) is 3.37. The molecule has 1 saturated carbocycles.